The Kier molecular flexibility index (Phi) is 4.89. The molecule has 18 heavy (non-hydrogen) atoms. The molecule has 98 valence electrons. The zero-order chi connectivity index (χ0) is 13.0. The van der Waals surface area contributed by atoms with Gasteiger partial charge in [0.05, 0.1) is 6.10 Å². The van der Waals surface area contributed by atoms with Gasteiger partial charge in [-0.3, -0.25) is 4.79 Å². The van der Waals surface area contributed by atoms with E-state index in [9.17, 15) is 9.18 Å². The third-order valence-electron chi connectivity index (χ3n) is 3.17. The van der Waals surface area contributed by atoms with E-state index >= 15 is 0 Å². The second-order valence-electron chi connectivity index (χ2n) is 4.62. The summed E-state index contributed by atoms with van der Waals surface area (Å²) in [5.74, 6) is -0.249. The molecule has 0 spiro atoms. The van der Waals surface area contributed by atoms with E-state index < -0.39 is 0 Å². The smallest absolute Gasteiger partial charge is 0.137 e. The van der Waals surface area contributed by atoms with Gasteiger partial charge in [0.25, 0.3) is 0 Å². The zero-order valence-corrected chi connectivity index (χ0v) is 11.7. The lowest BCUT2D eigenvalue weighted by atomic mass is 10.0. The molecular weight excluding hydrogens is 299 g/mol. The van der Waals surface area contributed by atoms with Crippen LogP contribution in [0.2, 0.25) is 0 Å². The van der Waals surface area contributed by atoms with Crippen LogP contribution < -0.4 is 0 Å². The predicted molar refractivity (Wildman–Crippen MR) is 71.0 cm³/mol. The largest absolute Gasteiger partial charge is 0.378 e. The fraction of sp³-hybridized carbons (Fsp3) is 0.500. The highest BCUT2D eigenvalue weighted by atomic mass is 79.9. The maximum Gasteiger partial charge on any atom is 0.137 e. The molecule has 1 fully saturated rings. The number of carbonyl (C=O) groups excluding carboxylic acids is 1. The van der Waals surface area contributed by atoms with Crippen molar-refractivity contribution < 1.29 is 13.9 Å². The third kappa shape index (κ3) is 3.89. The van der Waals surface area contributed by atoms with Gasteiger partial charge in [0.2, 0.25) is 0 Å². The van der Waals surface area contributed by atoms with E-state index in [1.807, 2.05) is 0 Å². The highest BCUT2D eigenvalue weighted by molar-refractivity contribution is 9.10. The summed E-state index contributed by atoms with van der Waals surface area (Å²) in [5, 5.41) is 0. The van der Waals surface area contributed by atoms with E-state index in [0.29, 0.717) is 16.5 Å². The number of hydrogen-bond donors (Lipinski definition) is 0. The van der Waals surface area contributed by atoms with Crippen molar-refractivity contribution in [3.63, 3.8) is 0 Å². The Bertz CT molecular complexity index is 428. The first kappa shape index (κ1) is 13.7. The van der Waals surface area contributed by atoms with E-state index in [0.717, 1.165) is 25.9 Å². The Morgan fingerprint density at radius 2 is 2.33 bits per heavy atom. The van der Waals surface area contributed by atoms with Crippen molar-refractivity contribution in [3.8, 4) is 0 Å². The van der Waals surface area contributed by atoms with Crippen molar-refractivity contribution in [1.82, 2.24) is 0 Å². The van der Waals surface area contributed by atoms with Gasteiger partial charge in [0.15, 0.2) is 0 Å². The molecule has 1 heterocycles. The van der Waals surface area contributed by atoms with Crippen molar-refractivity contribution >= 4 is 21.7 Å². The molecular formula is C14H16BrFO2. The third-order valence-corrected chi connectivity index (χ3v) is 3.67. The summed E-state index contributed by atoms with van der Waals surface area (Å²) >= 11 is 3.20. The molecule has 1 saturated heterocycles. The highest BCUT2D eigenvalue weighted by Gasteiger charge is 2.17. The molecule has 0 saturated carbocycles. The molecule has 0 radical (unpaired) electrons. The van der Waals surface area contributed by atoms with Crippen molar-refractivity contribution in [2.45, 2.75) is 38.2 Å². The van der Waals surface area contributed by atoms with Gasteiger partial charge in [-0.2, -0.15) is 0 Å². The molecule has 0 N–H and O–H groups in total. The van der Waals surface area contributed by atoms with Crippen molar-refractivity contribution in [2.75, 3.05) is 6.61 Å². The Hall–Kier alpha value is -0.740. The Morgan fingerprint density at radius 3 is 3.00 bits per heavy atom. The highest BCUT2D eigenvalue weighted by Crippen LogP contribution is 2.19. The number of carbonyl (C=O) groups is 1. The average Bonchev–Trinajstić information content (AvgIpc) is 2.83. The van der Waals surface area contributed by atoms with Crippen molar-refractivity contribution in [2.24, 2.45) is 0 Å². The van der Waals surface area contributed by atoms with Crippen LogP contribution in [0.4, 0.5) is 4.39 Å². The van der Waals surface area contributed by atoms with E-state index in [4.69, 9.17) is 4.74 Å². The Balaban J connectivity index is 1.82. The second-order valence-corrected chi connectivity index (χ2v) is 5.54. The molecule has 2 nitrogen and oxygen atoms in total. The lowest BCUT2D eigenvalue weighted by molar-refractivity contribution is -0.119. The molecule has 0 bridgehead atoms. The first-order valence-electron chi connectivity index (χ1n) is 6.22. The molecule has 0 amide bonds. The van der Waals surface area contributed by atoms with E-state index in [2.05, 4.69) is 15.9 Å². The molecule has 1 aliphatic heterocycles. The molecule has 0 aliphatic carbocycles. The summed E-state index contributed by atoms with van der Waals surface area (Å²) in [4.78, 5) is 11.8. The molecule has 1 atom stereocenters. The summed E-state index contributed by atoms with van der Waals surface area (Å²) in [5.41, 5.74) is 0.468. The van der Waals surface area contributed by atoms with Crippen LogP contribution in [0.1, 0.15) is 31.2 Å². The van der Waals surface area contributed by atoms with Gasteiger partial charge in [-0.25, -0.2) is 4.39 Å². The van der Waals surface area contributed by atoms with Crippen LogP contribution in [0.25, 0.3) is 0 Å². The minimum Gasteiger partial charge on any atom is -0.378 e. The maximum atomic E-state index is 13.5. The minimum absolute atomic E-state index is 0.0757. The fourth-order valence-corrected chi connectivity index (χ4v) is 2.49. The maximum absolute atomic E-state index is 13.5. The molecule has 1 unspecified atom stereocenters. The standard InChI is InChI=1S/C14H16BrFO2/c15-11-4-3-10(14(16)9-11)8-12(17)5-6-13-2-1-7-18-13/h3-4,9,13H,1-2,5-8H2. The quantitative estimate of drug-likeness (QED) is 0.829. The molecule has 1 aromatic rings. The van der Waals surface area contributed by atoms with Crippen LogP contribution in [0.3, 0.4) is 0 Å². The van der Waals surface area contributed by atoms with E-state index in [1.54, 1.807) is 12.1 Å². The lowest BCUT2D eigenvalue weighted by Gasteiger charge is -2.08. The number of Topliss-reactive ketones (excluding diaryl/α,β-unsaturated/α-hetero) is 1. The second kappa shape index (κ2) is 6.43. The van der Waals surface area contributed by atoms with Crippen LogP contribution >= 0.6 is 15.9 Å². The van der Waals surface area contributed by atoms with E-state index in [1.165, 1.54) is 6.07 Å². The summed E-state index contributed by atoms with van der Waals surface area (Å²) in [6, 6.07) is 4.80. The molecule has 2 rings (SSSR count). The van der Waals surface area contributed by atoms with Crippen LogP contribution in [0.5, 0.6) is 0 Å². The lowest BCUT2D eigenvalue weighted by Crippen LogP contribution is -2.10. The summed E-state index contributed by atoms with van der Waals surface area (Å²) in [6.07, 6.45) is 3.76. The Morgan fingerprint density at radius 1 is 1.50 bits per heavy atom. The molecule has 0 aromatic heterocycles. The van der Waals surface area contributed by atoms with Gasteiger partial charge >= 0.3 is 0 Å². The Labute approximate surface area is 115 Å². The first-order valence-corrected chi connectivity index (χ1v) is 7.01. The van der Waals surface area contributed by atoms with Crippen LogP contribution in [0, 0.1) is 5.82 Å². The number of hydrogen-bond acceptors (Lipinski definition) is 2. The van der Waals surface area contributed by atoms with Gasteiger partial charge < -0.3 is 4.74 Å². The van der Waals surface area contributed by atoms with Gasteiger partial charge in [-0.1, -0.05) is 22.0 Å². The predicted octanol–water partition coefficient (Wildman–Crippen LogP) is 3.66. The SMILES string of the molecule is O=C(CCC1CCCO1)Cc1ccc(Br)cc1F. The molecule has 1 aliphatic rings. The normalized spacial score (nSPS) is 19.1. The number of ketones is 1. The number of rotatable bonds is 5. The fourth-order valence-electron chi connectivity index (χ4n) is 2.16. The van der Waals surface area contributed by atoms with Crippen LogP contribution in [-0.2, 0) is 16.0 Å². The van der Waals surface area contributed by atoms with Gasteiger partial charge in [-0.15, -0.1) is 0 Å². The van der Waals surface area contributed by atoms with Crippen LogP contribution in [-0.4, -0.2) is 18.5 Å². The summed E-state index contributed by atoms with van der Waals surface area (Å²) in [7, 11) is 0. The van der Waals surface area contributed by atoms with Crippen molar-refractivity contribution in [3.05, 3.63) is 34.1 Å². The van der Waals surface area contributed by atoms with Gasteiger partial charge in [0, 0.05) is 23.9 Å². The molecule has 4 heteroatoms. The summed E-state index contributed by atoms with van der Waals surface area (Å²) < 4.78 is 19.7. The monoisotopic (exact) mass is 314 g/mol. The van der Waals surface area contributed by atoms with Gasteiger partial charge in [0.1, 0.15) is 11.6 Å². The van der Waals surface area contributed by atoms with Crippen LogP contribution in [0.15, 0.2) is 22.7 Å². The topological polar surface area (TPSA) is 26.3 Å². The summed E-state index contributed by atoms with van der Waals surface area (Å²) in [6.45, 7) is 0.806. The first-order chi connectivity index (χ1) is 8.65. The zero-order valence-electron chi connectivity index (χ0n) is 10.1. The van der Waals surface area contributed by atoms with E-state index in [-0.39, 0.29) is 24.1 Å². The average molecular weight is 315 g/mol. The number of ether oxygens (including phenoxy) is 1. The molecule has 1 aromatic carbocycles. The number of benzene rings is 1. The number of halogens is 2. The minimum atomic E-state index is -0.324. The van der Waals surface area contributed by atoms with Crippen molar-refractivity contribution in [1.29, 1.82) is 0 Å². The van der Waals surface area contributed by atoms with Gasteiger partial charge in [-0.05, 0) is 37.0 Å².